The van der Waals surface area contributed by atoms with Crippen molar-refractivity contribution >= 4 is 32.7 Å². The van der Waals surface area contributed by atoms with E-state index in [0.717, 1.165) is 5.56 Å². The van der Waals surface area contributed by atoms with Gasteiger partial charge >= 0.3 is 0 Å². The average Bonchev–Trinajstić information content (AvgIpc) is 2.82. The Balaban J connectivity index is 2.19. The SMILES string of the molecule is COc1ccc(N)c(-c2nc3cc(Br)c(F)cc3[nH]2)c1. The Labute approximate surface area is 122 Å². The number of aromatic amines is 1. The fourth-order valence-electron chi connectivity index (χ4n) is 2.00. The van der Waals surface area contributed by atoms with Crippen LogP contribution >= 0.6 is 15.9 Å². The number of nitrogens with two attached hydrogens (primary N) is 1. The van der Waals surface area contributed by atoms with Crippen LogP contribution in [-0.2, 0) is 0 Å². The van der Waals surface area contributed by atoms with Crippen LogP contribution < -0.4 is 10.5 Å². The molecule has 0 fully saturated rings. The Morgan fingerprint density at radius 1 is 1.30 bits per heavy atom. The molecule has 20 heavy (non-hydrogen) atoms. The summed E-state index contributed by atoms with van der Waals surface area (Å²) in [6.45, 7) is 0. The van der Waals surface area contributed by atoms with Crippen LogP contribution in [0.4, 0.5) is 10.1 Å². The maximum atomic E-state index is 13.5. The number of nitrogens with zero attached hydrogens (tertiary/aromatic N) is 1. The number of aromatic nitrogens is 2. The minimum atomic E-state index is -0.341. The Kier molecular flexibility index (Phi) is 3.10. The number of nitrogens with one attached hydrogen (secondary N) is 1. The molecular weight excluding hydrogens is 325 g/mol. The van der Waals surface area contributed by atoms with Crippen LogP contribution in [0.25, 0.3) is 22.4 Å². The van der Waals surface area contributed by atoms with Crippen molar-refractivity contribution in [2.75, 3.05) is 12.8 Å². The first-order valence-electron chi connectivity index (χ1n) is 5.87. The third kappa shape index (κ3) is 2.12. The zero-order valence-electron chi connectivity index (χ0n) is 10.6. The zero-order chi connectivity index (χ0) is 14.3. The van der Waals surface area contributed by atoms with Gasteiger partial charge in [-0.3, -0.25) is 0 Å². The van der Waals surface area contributed by atoms with E-state index < -0.39 is 0 Å². The molecule has 0 bridgehead atoms. The molecule has 0 unspecified atom stereocenters. The largest absolute Gasteiger partial charge is 0.497 e. The molecule has 0 saturated heterocycles. The number of nitrogen functional groups attached to an aromatic ring is 1. The number of fused-ring (bicyclic) bond motifs is 1. The minimum absolute atomic E-state index is 0.341. The van der Waals surface area contributed by atoms with Gasteiger partial charge in [0, 0.05) is 17.3 Å². The monoisotopic (exact) mass is 335 g/mol. The third-order valence-corrected chi connectivity index (χ3v) is 3.65. The lowest BCUT2D eigenvalue weighted by atomic mass is 10.1. The third-order valence-electron chi connectivity index (χ3n) is 3.04. The summed E-state index contributed by atoms with van der Waals surface area (Å²) >= 11 is 3.15. The minimum Gasteiger partial charge on any atom is -0.497 e. The van der Waals surface area contributed by atoms with Crippen molar-refractivity contribution in [3.8, 4) is 17.1 Å². The molecule has 3 N–H and O–H groups in total. The summed E-state index contributed by atoms with van der Waals surface area (Å²) in [5, 5.41) is 0. The van der Waals surface area contributed by atoms with Crippen molar-refractivity contribution in [3.63, 3.8) is 0 Å². The van der Waals surface area contributed by atoms with E-state index in [9.17, 15) is 4.39 Å². The lowest BCUT2D eigenvalue weighted by Crippen LogP contribution is -1.92. The van der Waals surface area contributed by atoms with Crippen molar-refractivity contribution in [2.45, 2.75) is 0 Å². The van der Waals surface area contributed by atoms with Crippen molar-refractivity contribution in [3.05, 3.63) is 40.6 Å². The Hall–Kier alpha value is -2.08. The second kappa shape index (κ2) is 4.79. The molecule has 0 atom stereocenters. The molecule has 1 heterocycles. The topological polar surface area (TPSA) is 63.9 Å². The second-order valence-corrected chi connectivity index (χ2v) is 5.18. The number of imidazole rings is 1. The number of hydrogen-bond donors (Lipinski definition) is 2. The van der Waals surface area contributed by atoms with Gasteiger partial charge in [-0.05, 0) is 40.2 Å². The van der Waals surface area contributed by atoms with Gasteiger partial charge in [-0.2, -0.15) is 0 Å². The number of hydrogen-bond acceptors (Lipinski definition) is 3. The number of rotatable bonds is 2. The van der Waals surface area contributed by atoms with E-state index in [2.05, 4.69) is 25.9 Å². The summed E-state index contributed by atoms with van der Waals surface area (Å²) in [7, 11) is 1.58. The first kappa shape index (κ1) is 12.9. The van der Waals surface area contributed by atoms with Crippen LogP contribution in [0.15, 0.2) is 34.8 Å². The normalized spacial score (nSPS) is 10.9. The molecule has 0 aliphatic heterocycles. The average molecular weight is 336 g/mol. The van der Waals surface area contributed by atoms with Gasteiger partial charge in [0.2, 0.25) is 0 Å². The van der Waals surface area contributed by atoms with Gasteiger partial charge in [-0.1, -0.05) is 0 Å². The smallest absolute Gasteiger partial charge is 0.140 e. The van der Waals surface area contributed by atoms with Gasteiger partial charge < -0.3 is 15.5 Å². The van der Waals surface area contributed by atoms with Crippen LogP contribution in [0.5, 0.6) is 5.75 Å². The molecule has 2 aromatic carbocycles. The molecule has 0 aliphatic rings. The van der Waals surface area contributed by atoms with E-state index >= 15 is 0 Å². The molecule has 1 aromatic heterocycles. The van der Waals surface area contributed by atoms with E-state index in [1.54, 1.807) is 31.4 Å². The van der Waals surface area contributed by atoms with E-state index in [0.29, 0.717) is 32.8 Å². The molecule has 0 amide bonds. The van der Waals surface area contributed by atoms with Gasteiger partial charge in [0.1, 0.15) is 17.4 Å². The fraction of sp³-hybridized carbons (Fsp3) is 0.0714. The van der Waals surface area contributed by atoms with E-state index in [1.807, 2.05) is 0 Å². The molecule has 0 radical (unpaired) electrons. The molecule has 0 saturated carbocycles. The molecule has 0 aliphatic carbocycles. The van der Waals surface area contributed by atoms with Crippen LogP contribution in [0.3, 0.4) is 0 Å². The summed E-state index contributed by atoms with van der Waals surface area (Å²) in [5.41, 5.74) is 8.53. The van der Waals surface area contributed by atoms with E-state index in [1.165, 1.54) is 6.07 Å². The number of halogens is 2. The maximum Gasteiger partial charge on any atom is 0.140 e. The van der Waals surface area contributed by atoms with Gasteiger partial charge in [-0.15, -0.1) is 0 Å². The lowest BCUT2D eigenvalue weighted by Gasteiger charge is -2.05. The van der Waals surface area contributed by atoms with Gasteiger partial charge in [0.25, 0.3) is 0 Å². The molecule has 0 spiro atoms. The standard InChI is InChI=1S/C14H11BrFN3O/c1-20-7-2-3-11(17)8(4-7)14-18-12-5-9(15)10(16)6-13(12)19-14/h2-6H,17H2,1H3,(H,18,19). The fourth-order valence-corrected chi connectivity index (χ4v) is 2.33. The number of ether oxygens (including phenoxy) is 1. The summed E-state index contributed by atoms with van der Waals surface area (Å²) in [6, 6.07) is 8.33. The van der Waals surface area contributed by atoms with Gasteiger partial charge in [0.15, 0.2) is 0 Å². The van der Waals surface area contributed by atoms with Crippen molar-refractivity contribution < 1.29 is 9.13 Å². The highest BCUT2D eigenvalue weighted by molar-refractivity contribution is 9.10. The maximum absolute atomic E-state index is 13.5. The van der Waals surface area contributed by atoms with Crippen LogP contribution in [0.2, 0.25) is 0 Å². The van der Waals surface area contributed by atoms with Gasteiger partial charge in [-0.25, -0.2) is 9.37 Å². The summed E-state index contributed by atoms with van der Waals surface area (Å²) in [6.07, 6.45) is 0. The molecule has 6 heteroatoms. The molecular formula is C14H11BrFN3O. The predicted octanol–water partition coefficient (Wildman–Crippen LogP) is 3.72. The summed E-state index contributed by atoms with van der Waals surface area (Å²) < 4.78 is 19.1. The van der Waals surface area contributed by atoms with Crippen LogP contribution in [-0.4, -0.2) is 17.1 Å². The zero-order valence-corrected chi connectivity index (χ0v) is 12.2. The molecule has 4 nitrogen and oxygen atoms in total. The van der Waals surface area contributed by atoms with E-state index in [4.69, 9.17) is 10.5 Å². The highest BCUT2D eigenvalue weighted by Crippen LogP contribution is 2.30. The quantitative estimate of drug-likeness (QED) is 0.701. The Morgan fingerprint density at radius 2 is 2.10 bits per heavy atom. The highest BCUT2D eigenvalue weighted by Gasteiger charge is 2.11. The predicted molar refractivity (Wildman–Crippen MR) is 80.2 cm³/mol. The molecule has 3 rings (SSSR count). The Morgan fingerprint density at radius 3 is 2.85 bits per heavy atom. The van der Waals surface area contributed by atoms with E-state index in [-0.39, 0.29) is 5.82 Å². The second-order valence-electron chi connectivity index (χ2n) is 4.32. The number of methoxy groups -OCH3 is 1. The number of benzene rings is 2. The first-order valence-corrected chi connectivity index (χ1v) is 6.66. The highest BCUT2D eigenvalue weighted by atomic mass is 79.9. The lowest BCUT2D eigenvalue weighted by molar-refractivity contribution is 0.415. The molecule has 102 valence electrons. The summed E-state index contributed by atoms with van der Waals surface area (Å²) in [5.74, 6) is 0.919. The van der Waals surface area contributed by atoms with Crippen LogP contribution in [0.1, 0.15) is 0 Å². The van der Waals surface area contributed by atoms with Crippen molar-refractivity contribution in [2.24, 2.45) is 0 Å². The first-order chi connectivity index (χ1) is 9.58. The summed E-state index contributed by atoms with van der Waals surface area (Å²) in [4.78, 5) is 7.50. The van der Waals surface area contributed by atoms with Gasteiger partial charge in [0.05, 0.1) is 22.6 Å². The van der Waals surface area contributed by atoms with Crippen molar-refractivity contribution in [1.82, 2.24) is 9.97 Å². The number of anilines is 1. The molecule has 3 aromatic rings. The van der Waals surface area contributed by atoms with Crippen molar-refractivity contribution in [1.29, 1.82) is 0 Å². The van der Waals surface area contributed by atoms with Crippen LogP contribution in [0, 0.1) is 5.82 Å². The number of H-pyrrole nitrogens is 1. The Bertz CT molecular complexity index is 761.